The molecular formula is C16H27N3O2. The first-order valence-electron chi connectivity index (χ1n) is 7.41. The summed E-state index contributed by atoms with van der Waals surface area (Å²) in [7, 11) is 4.02. The van der Waals surface area contributed by atoms with Gasteiger partial charge in [0.05, 0.1) is 6.10 Å². The maximum absolute atomic E-state index is 11.7. The molecule has 0 saturated carbocycles. The molecule has 0 aromatic heterocycles. The minimum atomic E-state index is -0.544. The fourth-order valence-electron chi connectivity index (χ4n) is 1.96. The van der Waals surface area contributed by atoms with E-state index in [0.717, 1.165) is 18.5 Å². The number of hydrogen-bond donors (Lipinski definition) is 3. The first-order chi connectivity index (χ1) is 9.99. The third-order valence-corrected chi connectivity index (χ3v) is 3.27. The second-order valence-electron chi connectivity index (χ2n) is 5.61. The Morgan fingerprint density at radius 3 is 2.52 bits per heavy atom. The van der Waals surface area contributed by atoms with Crippen molar-refractivity contribution in [3.05, 3.63) is 35.9 Å². The van der Waals surface area contributed by atoms with Crippen LogP contribution in [0, 0.1) is 0 Å². The van der Waals surface area contributed by atoms with Crippen LogP contribution in [0.4, 0.5) is 4.79 Å². The lowest BCUT2D eigenvalue weighted by Crippen LogP contribution is -2.42. The molecule has 0 heterocycles. The summed E-state index contributed by atoms with van der Waals surface area (Å²) in [6, 6.07) is 9.42. The number of aliphatic hydroxyl groups excluding tert-OH is 1. The molecule has 5 nitrogen and oxygen atoms in total. The van der Waals surface area contributed by atoms with Gasteiger partial charge in [-0.3, -0.25) is 0 Å². The summed E-state index contributed by atoms with van der Waals surface area (Å²) in [6.07, 6.45) is 0.869. The Morgan fingerprint density at radius 2 is 1.90 bits per heavy atom. The van der Waals surface area contributed by atoms with Crippen LogP contribution in [0.3, 0.4) is 0 Å². The molecule has 0 fully saturated rings. The van der Waals surface area contributed by atoms with E-state index in [4.69, 9.17) is 0 Å². The van der Waals surface area contributed by atoms with Gasteiger partial charge in [0, 0.05) is 12.6 Å². The van der Waals surface area contributed by atoms with E-state index in [1.165, 1.54) is 0 Å². The van der Waals surface area contributed by atoms with E-state index in [1.54, 1.807) is 0 Å². The maximum atomic E-state index is 11.7. The molecule has 1 rings (SSSR count). The summed E-state index contributed by atoms with van der Waals surface area (Å²) in [5, 5.41) is 15.7. The molecule has 118 valence electrons. The van der Waals surface area contributed by atoms with Crippen LogP contribution in [0.25, 0.3) is 0 Å². The van der Waals surface area contributed by atoms with Crippen LogP contribution in [0.15, 0.2) is 30.3 Å². The topological polar surface area (TPSA) is 64.6 Å². The summed E-state index contributed by atoms with van der Waals surface area (Å²) < 4.78 is 0. The number of benzene rings is 1. The Bertz CT molecular complexity index is 409. The highest BCUT2D eigenvalue weighted by atomic mass is 16.3. The Labute approximate surface area is 127 Å². The summed E-state index contributed by atoms with van der Waals surface area (Å²) in [4.78, 5) is 13.8. The number of carbonyl (C=O) groups excluding carboxylic acids is 1. The van der Waals surface area contributed by atoms with Gasteiger partial charge < -0.3 is 20.6 Å². The van der Waals surface area contributed by atoms with Gasteiger partial charge in [-0.25, -0.2) is 4.79 Å². The Morgan fingerprint density at radius 1 is 1.24 bits per heavy atom. The molecule has 0 radical (unpaired) electrons. The predicted octanol–water partition coefficient (Wildman–Crippen LogP) is 1.75. The van der Waals surface area contributed by atoms with Crippen LogP contribution in [0.1, 0.15) is 31.4 Å². The molecule has 0 aliphatic rings. The Balaban J connectivity index is 2.18. The van der Waals surface area contributed by atoms with Crippen LogP contribution in [-0.4, -0.2) is 49.3 Å². The van der Waals surface area contributed by atoms with Gasteiger partial charge in [-0.2, -0.15) is 0 Å². The molecule has 1 aromatic rings. The summed E-state index contributed by atoms with van der Waals surface area (Å²) in [6.45, 7) is 3.37. The second kappa shape index (κ2) is 9.37. The van der Waals surface area contributed by atoms with E-state index in [9.17, 15) is 9.90 Å². The molecular weight excluding hydrogens is 266 g/mol. The summed E-state index contributed by atoms with van der Waals surface area (Å²) in [5.74, 6) is 0. The molecule has 0 saturated heterocycles. The zero-order chi connectivity index (χ0) is 15.7. The number of rotatable bonds is 8. The molecule has 0 aliphatic carbocycles. The normalized spacial score (nSPS) is 13.8. The van der Waals surface area contributed by atoms with Crippen molar-refractivity contribution in [1.29, 1.82) is 0 Å². The molecule has 2 atom stereocenters. The molecule has 2 amide bonds. The Kier molecular flexibility index (Phi) is 7.79. The van der Waals surface area contributed by atoms with Crippen molar-refractivity contribution in [2.75, 3.05) is 27.2 Å². The number of carbonyl (C=O) groups is 1. The van der Waals surface area contributed by atoms with Crippen molar-refractivity contribution in [1.82, 2.24) is 15.5 Å². The molecule has 5 heteroatoms. The van der Waals surface area contributed by atoms with E-state index in [2.05, 4.69) is 15.5 Å². The van der Waals surface area contributed by atoms with Gasteiger partial charge in [0.15, 0.2) is 0 Å². The molecule has 21 heavy (non-hydrogen) atoms. The molecule has 2 unspecified atom stereocenters. The third-order valence-electron chi connectivity index (χ3n) is 3.27. The van der Waals surface area contributed by atoms with E-state index in [1.807, 2.05) is 51.4 Å². The third kappa shape index (κ3) is 7.68. The van der Waals surface area contributed by atoms with Crippen molar-refractivity contribution < 1.29 is 9.90 Å². The highest BCUT2D eigenvalue weighted by molar-refractivity contribution is 5.74. The molecule has 0 bridgehead atoms. The molecule has 0 aliphatic heterocycles. The first kappa shape index (κ1) is 17.5. The minimum Gasteiger partial charge on any atom is -0.388 e. The van der Waals surface area contributed by atoms with Gasteiger partial charge in [0.2, 0.25) is 0 Å². The standard InChI is InChI=1S/C16H27N3O2/c1-13(10-12-19(2)3)18-16(21)17-11-9-15(20)14-7-5-4-6-8-14/h4-8,13,15,20H,9-12H2,1-3H3,(H2,17,18,21). The number of nitrogens with zero attached hydrogens (tertiary/aromatic N) is 1. The van der Waals surface area contributed by atoms with Crippen LogP contribution >= 0.6 is 0 Å². The zero-order valence-corrected chi connectivity index (χ0v) is 13.2. The van der Waals surface area contributed by atoms with Crippen molar-refractivity contribution in [3.8, 4) is 0 Å². The number of nitrogens with one attached hydrogen (secondary N) is 2. The average Bonchev–Trinajstić information content (AvgIpc) is 2.46. The highest BCUT2D eigenvalue weighted by Crippen LogP contribution is 2.14. The number of urea groups is 1. The Hall–Kier alpha value is -1.59. The van der Waals surface area contributed by atoms with Gasteiger partial charge in [-0.1, -0.05) is 30.3 Å². The summed E-state index contributed by atoms with van der Waals surface area (Å²) in [5.41, 5.74) is 0.874. The van der Waals surface area contributed by atoms with Gasteiger partial charge in [-0.15, -0.1) is 0 Å². The highest BCUT2D eigenvalue weighted by Gasteiger charge is 2.09. The van der Waals surface area contributed by atoms with E-state index in [0.29, 0.717) is 13.0 Å². The summed E-state index contributed by atoms with van der Waals surface area (Å²) >= 11 is 0. The van der Waals surface area contributed by atoms with Crippen LogP contribution in [0.5, 0.6) is 0 Å². The predicted molar refractivity (Wildman–Crippen MR) is 85.2 cm³/mol. The van der Waals surface area contributed by atoms with Gasteiger partial charge in [-0.05, 0) is 46.0 Å². The van der Waals surface area contributed by atoms with Crippen LogP contribution < -0.4 is 10.6 Å². The van der Waals surface area contributed by atoms with Crippen LogP contribution in [0.2, 0.25) is 0 Å². The lowest BCUT2D eigenvalue weighted by molar-refractivity contribution is 0.166. The number of aliphatic hydroxyl groups is 1. The van der Waals surface area contributed by atoms with E-state index >= 15 is 0 Å². The van der Waals surface area contributed by atoms with Crippen molar-refractivity contribution >= 4 is 6.03 Å². The van der Waals surface area contributed by atoms with Crippen molar-refractivity contribution in [2.24, 2.45) is 0 Å². The molecule has 1 aromatic carbocycles. The monoisotopic (exact) mass is 293 g/mol. The fraction of sp³-hybridized carbons (Fsp3) is 0.562. The van der Waals surface area contributed by atoms with Crippen molar-refractivity contribution in [3.63, 3.8) is 0 Å². The number of hydrogen-bond acceptors (Lipinski definition) is 3. The zero-order valence-electron chi connectivity index (χ0n) is 13.2. The maximum Gasteiger partial charge on any atom is 0.314 e. The average molecular weight is 293 g/mol. The van der Waals surface area contributed by atoms with Crippen molar-refractivity contribution in [2.45, 2.75) is 31.9 Å². The fourth-order valence-corrected chi connectivity index (χ4v) is 1.96. The largest absolute Gasteiger partial charge is 0.388 e. The second-order valence-corrected chi connectivity index (χ2v) is 5.61. The smallest absolute Gasteiger partial charge is 0.314 e. The van der Waals surface area contributed by atoms with E-state index in [-0.39, 0.29) is 12.1 Å². The van der Waals surface area contributed by atoms with Crippen LogP contribution in [-0.2, 0) is 0 Å². The molecule has 3 N–H and O–H groups in total. The quantitative estimate of drug-likeness (QED) is 0.684. The van der Waals surface area contributed by atoms with Gasteiger partial charge >= 0.3 is 6.03 Å². The first-order valence-corrected chi connectivity index (χ1v) is 7.41. The lowest BCUT2D eigenvalue weighted by Gasteiger charge is -2.17. The molecule has 0 spiro atoms. The lowest BCUT2D eigenvalue weighted by atomic mass is 10.1. The van der Waals surface area contributed by atoms with E-state index < -0.39 is 6.10 Å². The minimum absolute atomic E-state index is 0.131. The van der Waals surface area contributed by atoms with Gasteiger partial charge in [0.1, 0.15) is 0 Å². The number of amides is 2. The SMILES string of the molecule is CC(CCN(C)C)NC(=O)NCCC(O)c1ccccc1. The van der Waals surface area contributed by atoms with Gasteiger partial charge in [0.25, 0.3) is 0 Å².